The zero-order valence-electron chi connectivity index (χ0n) is 14.8. The van der Waals surface area contributed by atoms with Crippen molar-refractivity contribution in [1.82, 2.24) is 4.90 Å². The molecule has 0 bridgehead atoms. The zero-order valence-corrected chi connectivity index (χ0v) is 14.8. The van der Waals surface area contributed by atoms with Gasteiger partial charge in [0.05, 0.1) is 0 Å². The van der Waals surface area contributed by atoms with Crippen LogP contribution in [0.5, 0.6) is 0 Å². The number of nitrogens with zero attached hydrogens (tertiary/aromatic N) is 1. The van der Waals surface area contributed by atoms with Gasteiger partial charge in [0.15, 0.2) is 0 Å². The molecule has 1 unspecified atom stereocenters. The molecule has 1 atom stereocenters. The van der Waals surface area contributed by atoms with Gasteiger partial charge in [-0.15, -0.1) is 0 Å². The third kappa shape index (κ3) is 2.61. The predicted octanol–water partition coefficient (Wildman–Crippen LogP) is 4.04. The lowest BCUT2D eigenvalue weighted by atomic mass is 9.83. The van der Waals surface area contributed by atoms with Crippen LogP contribution in [0.4, 0.5) is 8.78 Å². The van der Waals surface area contributed by atoms with Gasteiger partial charge in [0.2, 0.25) is 0 Å². The highest BCUT2D eigenvalue weighted by Crippen LogP contribution is 2.37. The summed E-state index contributed by atoms with van der Waals surface area (Å²) in [6.07, 6.45) is 7.54. The summed E-state index contributed by atoms with van der Waals surface area (Å²) in [5, 5.41) is 1.77. The van der Waals surface area contributed by atoms with Crippen molar-refractivity contribution in [3.05, 3.63) is 58.0 Å². The molecule has 2 aromatic rings. The molecular formula is C23H23F2N. The van der Waals surface area contributed by atoms with E-state index in [1.54, 1.807) is 0 Å². The number of benzene rings is 2. The summed E-state index contributed by atoms with van der Waals surface area (Å²) < 4.78 is 29.3. The highest BCUT2D eigenvalue weighted by molar-refractivity contribution is 5.74. The molecule has 1 nitrogen and oxygen atoms in total. The van der Waals surface area contributed by atoms with E-state index in [-0.39, 0.29) is 12.5 Å². The number of rotatable bonds is 1. The molecule has 0 saturated carbocycles. The maximum Gasteiger partial charge on any atom is 0.269 e. The van der Waals surface area contributed by atoms with Gasteiger partial charge in [-0.3, -0.25) is 4.90 Å². The third-order valence-corrected chi connectivity index (χ3v) is 6.17. The molecule has 0 aromatic heterocycles. The van der Waals surface area contributed by atoms with E-state index in [1.807, 2.05) is 12.1 Å². The van der Waals surface area contributed by atoms with Crippen LogP contribution >= 0.6 is 0 Å². The Hall–Kier alpha value is -2.00. The Balaban J connectivity index is 1.71. The zero-order chi connectivity index (χ0) is 17.7. The summed E-state index contributed by atoms with van der Waals surface area (Å²) in [4.78, 5) is 2.28. The van der Waals surface area contributed by atoms with Crippen molar-refractivity contribution in [2.75, 3.05) is 13.1 Å². The van der Waals surface area contributed by atoms with Gasteiger partial charge in [-0.05, 0) is 71.1 Å². The highest BCUT2D eigenvalue weighted by Gasteiger charge is 2.38. The maximum atomic E-state index is 14.7. The molecule has 0 N–H and O–H groups in total. The monoisotopic (exact) mass is 351 g/mol. The topological polar surface area (TPSA) is 3.24 Å². The molecule has 0 radical (unpaired) electrons. The van der Waals surface area contributed by atoms with Crippen molar-refractivity contribution in [3.8, 4) is 11.1 Å². The fourth-order valence-corrected chi connectivity index (χ4v) is 4.93. The first-order valence-corrected chi connectivity index (χ1v) is 9.68. The van der Waals surface area contributed by atoms with Crippen LogP contribution in [0.15, 0.2) is 36.4 Å². The van der Waals surface area contributed by atoms with E-state index in [1.165, 1.54) is 23.6 Å². The molecular weight excluding hydrogens is 328 g/mol. The molecule has 1 aliphatic heterocycles. The van der Waals surface area contributed by atoms with Crippen molar-refractivity contribution in [2.24, 2.45) is 0 Å². The Bertz CT molecular complexity index is 970. The fourth-order valence-electron chi connectivity index (χ4n) is 4.93. The Morgan fingerprint density at radius 1 is 0.885 bits per heavy atom. The summed E-state index contributed by atoms with van der Waals surface area (Å²) in [7, 11) is 0. The van der Waals surface area contributed by atoms with E-state index in [9.17, 15) is 8.78 Å². The van der Waals surface area contributed by atoms with Crippen LogP contribution in [-0.4, -0.2) is 23.9 Å². The van der Waals surface area contributed by atoms with Crippen molar-refractivity contribution in [1.29, 1.82) is 0 Å². The van der Waals surface area contributed by atoms with E-state index >= 15 is 0 Å². The molecule has 5 rings (SSSR count). The van der Waals surface area contributed by atoms with Crippen LogP contribution in [0.1, 0.15) is 42.9 Å². The number of piperidine rings is 1. The number of fused-ring (bicyclic) bond motifs is 5. The van der Waals surface area contributed by atoms with E-state index in [2.05, 4.69) is 35.2 Å². The Kier molecular flexibility index (Phi) is 3.75. The third-order valence-electron chi connectivity index (χ3n) is 6.17. The van der Waals surface area contributed by atoms with Gasteiger partial charge in [0.25, 0.3) is 5.92 Å². The van der Waals surface area contributed by atoms with Crippen LogP contribution in [-0.2, 0) is 6.42 Å². The van der Waals surface area contributed by atoms with Gasteiger partial charge in [0.1, 0.15) is 0 Å². The fraction of sp³-hybridized carbons (Fsp3) is 0.391. The quantitative estimate of drug-likeness (QED) is 0.750. The lowest BCUT2D eigenvalue weighted by Gasteiger charge is -2.38. The second kappa shape index (κ2) is 6.02. The summed E-state index contributed by atoms with van der Waals surface area (Å²) in [5.41, 5.74) is 4.64. The molecule has 2 aromatic carbocycles. The van der Waals surface area contributed by atoms with Crippen LogP contribution in [0, 0.1) is 0 Å². The van der Waals surface area contributed by atoms with Gasteiger partial charge >= 0.3 is 0 Å². The molecule has 3 aliphatic rings. The van der Waals surface area contributed by atoms with Crippen LogP contribution < -0.4 is 10.4 Å². The second-order valence-corrected chi connectivity index (χ2v) is 7.82. The Morgan fingerprint density at radius 3 is 2.54 bits per heavy atom. The first kappa shape index (κ1) is 16.2. The standard InChI is InChI=1S/C23H23F2N/c24-23(25)14-21-19-9-8-16-6-2-3-7-17(16)18(19)10-11-20(21)22(15-23)26-12-4-1-5-13-26/h2-3,6-7,9-11,14,22H,1,4-5,8,12-13,15H2. The summed E-state index contributed by atoms with van der Waals surface area (Å²) in [5.74, 6) is -2.74. The Labute approximate surface area is 152 Å². The minimum absolute atomic E-state index is 0.0879. The van der Waals surface area contributed by atoms with Gasteiger partial charge < -0.3 is 0 Å². The SMILES string of the molecule is FC1(F)C=c2c(ccc3c2=CCc2ccccc2-3)C(N2CCCCC2)C1. The van der Waals surface area contributed by atoms with Crippen molar-refractivity contribution in [2.45, 2.75) is 44.1 Å². The smallest absolute Gasteiger partial charge is 0.269 e. The van der Waals surface area contributed by atoms with Gasteiger partial charge in [0, 0.05) is 12.5 Å². The molecule has 1 saturated heterocycles. The van der Waals surface area contributed by atoms with Gasteiger partial charge in [-0.25, -0.2) is 8.78 Å². The number of likely N-dealkylation sites (tertiary alicyclic amines) is 1. The van der Waals surface area contributed by atoms with Gasteiger partial charge in [-0.2, -0.15) is 0 Å². The molecule has 0 amide bonds. The number of alkyl halides is 2. The number of hydrogen-bond acceptors (Lipinski definition) is 1. The van der Waals surface area contributed by atoms with Crippen molar-refractivity contribution in [3.63, 3.8) is 0 Å². The molecule has 0 spiro atoms. The average Bonchev–Trinajstić information content (AvgIpc) is 2.67. The molecule has 1 fully saturated rings. The number of halogens is 2. The van der Waals surface area contributed by atoms with E-state index in [0.29, 0.717) is 0 Å². The molecule has 134 valence electrons. The van der Waals surface area contributed by atoms with Crippen molar-refractivity contribution < 1.29 is 8.78 Å². The highest BCUT2D eigenvalue weighted by atomic mass is 19.3. The molecule has 1 heterocycles. The summed E-state index contributed by atoms with van der Waals surface area (Å²) in [6, 6.07) is 12.4. The lowest BCUT2D eigenvalue weighted by molar-refractivity contribution is 0.0155. The van der Waals surface area contributed by atoms with Crippen molar-refractivity contribution >= 4 is 12.2 Å². The largest absolute Gasteiger partial charge is 0.296 e. The summed E-state index contributed by atoms with van der Waals surface area (Å²) in [6.45, 7) is 1.87. The van der Waals surface area contributed by atoms with Gasteiger partial charge in [-0.1, -0.05) is 48.9 Å². The maximum absolute atomic E-state index is 14.7. The number of hydrogen-bond donors (Lipinski definition) is 0. The van der Waals surface area contributed by atoms with Crippen LogP contribution in [0.25, 0.3) is 23.3 Å². The Morgan fingerprint density at radius 2 is 1.69 bits per heavy atom. The first-order valence-electron chi connectivity index (χ1n) is 9.68. The minimum Gasteiger partial charge on any atom is -0.296 e. The molecule has 2 aliphatic carbocycles. The molecule has 3 heteroatoms. The van der Waals surface area contributed by atoms with E-state index < -0.39 is 5.92 Å². The second-order valence-electron chi connectivity index (χ2n) is 7.82. The normalized spacial score (nSPS) is 23.8. The lowest BCUT2D eigenvalue weighted by Crippen LogP contribution is -2.46. The van der Waals surface area contributed by atoms with E-state index in [4.69, 9.17) is 0 Å². The average molecular weight is 351 g/mol. The molecule has 26 heavy (non-hydrogen) atoms. The van der Waals surface area contributed by atoms with E-state index in [0.717, 1.165) is 53.9 Å². The minimum atomic E-state index is -2.74. The van der Waals surface area contributed by atoms with Crippen LogP contribution in [0.2, 0.25) is 0 Å². The predicted molar refractivity (Wildman–Crippen MR) is 101 cm³/mol. The van der Waals surface area contributed by atoms with Crippen LogP contribution in [0.3, 0.4) is 0 Å². The first-order chi connectivity index (χ1) is 12.6. The summed E-state index contributed by atoms with van der Waals surface area (Å²) >= 11 is 0.